The maximum absolute atomic E-state index is 12.6. The quantitative estimate of drug-likeness (QED) is 0.865. The van der Waals surface area contributed by atoms with Crippen molar-refractivity contribution in [2.75, 3.05) is 13.2 Å². The molecule has 1 aromatic carbocycles. The lowest BCUT2D eigenvalue weighted by atomic mass is 9.88. The molecule has 21 heavy (non-hydrogen) atoms. The highest BCUT2D eigenvalue weighted by Gasteiger charge is 2.41. The van der Waals surface area contributed by atoms with Gasteiger partial charge < -0.3 is 14.6 Å². The van der Waals surface area contributed by atoms with Gasteiger partial charge in [-0.25, -0.2) is 0 Å². The van der Waals surface area contributed by atoms with E-state index in [0.717, 1.165) is 0 Å². The van der Waals surface area contributed by atoms with Crippen molar-refractivity contribution >= 4 is 11.8 Å². The molecule has 0 amide bonds. The number of benzene rings is 1. The third kappa shape index (κ3) is 2.60. The van der Waals surface area contributed by atoms with Gasteiger partial charge in [-0.1, -0.05) is 6.92 Å². The highest BCUT2D eigenvalue weighted by atomic mass is 16.6. The van der Waals surface area contributed by atoms with Gasteiger partial charge in [-0.05, 0) is 37.0 Å². The predicted octanol–water partition coefficient (Wildman–Crippen LogP) is 2.39. The van der Waals surface area contributed by atoms with E-state index in [2.05, 4.69) is 0 Å². The zero-order valence-electron chi connectivity index (χ0n) is 11.9. The number of carbonyl (C=O) groups is 2. The van der Waals surface area contributed by atoms with Crippen molar-refractivity contribution in [2.24, 2.45) is 17.8 Å². The van der Waals surface area contributed by atoms with Gasteiger partial charge in [0.25, 0.3) is 0 Å². The number of hydrogen-bond donors (Lipinski definition) is 1. The average Bonchev–Trinajstić information content (AvgIpc) is 2.88. The normalized spacial score (nSPS) is 27.4. The number of carbonyl (C=O) groups excluding carboxylic acids is 1. The first-order chi connectivity index (χ1) is 10.1. The Balaban J connectivity index is 1.86. The molecule has 0 spiro atoms. The van der Waals surface area contributed by atoms with Crippen molar-refractivity contribution < 1.29 is 24.2 Å². The summed E-state index contributed by atoms with van der Waals surface area (Å²) in [5.41, 5.74) is 0.504. The summed E-state index contributed by atoms with van der Waals surface area (Å²) in [6.45, 7) is 2.96. The molecule has 1 saturated carbocycles. The third-order valence-electron chi connectivity index (χ3n) is 4.28. The summed E-state index contributed by atoms with van der Waals surface area (Å²) in [5.74, 6) is -0.561. The number of carboxylic acid groups (broad SMARTS) is 1. The summed E-state index contributed by atoms with van der Waals surface area (Å²) in [4.78, 5) is 24.0. The second-order valence-electron chi connectivity index (χ2n) is 5.85. The molecule has 1 aliphatic heterocycles. The molecule has 0 radical (unpaired) electrons. The lowest BCUT2D eigenvalue weighted by molar-refractivity contribution is -0.142. The van der Waals surface area contributed by atoms with Crippen molar-refractivity contribution in [3.05, 3.63) is 23.8 Å². The molecule has 1 fully saturated rings. The average molecular weight is 290 g/mol. The number of ether oxygens (including phenoxy) is 2. The monoisotopic (exact) mass is 290 g/mol. The van der Waals surface area contributed by atoms with E-state index in [1.807, 2.05) is 6.92 Å². The Morgan fingerprint density at radius 2 is 1.76 bits per heavy atom. The molecule has 5 heteroatoms. The van der Waals surface area contributed by atoms with E-state index in [0.29, 0.717) is 43.1 Å². The molecule has 0 bridgehead atoms. The predicted molar refractivity (Wildman–Crippen MR) is 74.8 cm³/mol. The summed E-state index contributed by atoms with van der Waals surface area (Å²) in [6.07, 6.45) is 1.19. The van der Waals surface area contributed by atoms with Gasteiger partial charge in [0.1, 0.15) is 13.2 Å². The van der Waals surface area contributed by atoms with Gasteiger partial charge in [0, 0.05) is 11.5 Å². The lowest BCUT2D eigenvalue weighted by Crippen LogP contribution is -2.25. The van der Waals surface area contributed by atoms with Gasteiger partial charge in [-0.2, -0.15) is 0 Å². The second kappa shape index (κ2) is 5.39. The minimum absolute atomic E-state index is 0.108. The van der Waals surface area contributed by atoms with Crippen LogP contribution in [0.25, 0.3) is 0 Å². The van der Waals surface area contributed by atoms with Crippen LogP contribution in [-0.4, -0.2) is 30.1 Å². The first-order valence-corrected chi connectivity index (χ1v) is 7.23. The van der Waals surface area contributed by atoms with Crippen LogP contribution in [0, 0.1) is 17.8 Å². The summed E-state index contributed by atoms with van der Waals surface area (Å²) >= 11 is 0. The van der Waals surface area contributed by atoms with Crippen molar-refractivity contribution in [1.29, 1.82) is 0 Å². The van der Waals surface area contributed by atoms with E-state index in [1.165, 1.54) is 0 Å². The summed E-state index contributed by atoms with van der Waals surface area (Å²) in [5, 5.41) is 9.29. The topological polar surface area (TPSA) is 72.8 Å². The van der Waals surface area contributed by atoms with Crippen molar-refractivity contribution in [3.63, 3.8) is 0 Å². The standard InChI is InChI=1S/C16H18O5/c1-9-6-11(12(7-9)16(18)19)15(17)10-2-3-13-14(8-10)21-5-4-20-13/h2-3,8-9,11-12H,4-7H2,1H3,(H,18,19). The maximum atomic E-state index is 12.6. The fourth-order valence-corrected chi connectivity index (χ4v) is 3.27. The summed E-state index contributed by atoms with van der Waals surface area (Å²) < 4.78 is 10.9. The fourth-order valence-electron chi connectivity index (χ4n) is 3.27. The maximum Gasteiger partial charge on any atom is 0.307 e. The van der Waals surface area contributed by atoms with Crippen LogP contribution < -0.4 is 9.47 Å². The number of aliphatic carboxylic acids is 1. The van der Waals surface area contributed by atoms with Crippen LogP contribution in [0.5, 0.6) is 11.5 Å². The molecule has 1 heterocycles. The van der Waals surface area contributed by atoms with E-state index in [9.17, 15) is 14.7 Å². The van der Waals surface area contributed by atoms with Gasteiger partial charge in [-0.15, -0.1) is 0 Å². The minimum atomic E-state index is -0.879. The molecule has 1 aliphatic carbocycles. The highest BCUT2D eigenvalue weighted by Crippen LogP contribution is 2.39. The largest absolute Gasteiger partial charge is 0.486 e. The molecule has 2 aliphatic rings. The van der Waals surface area contributed by atoms with Gasteiger partial charge in [-0.3, -0.25) is 9.59 Å². The Hall–Kier alpha value is -2.04. The molecule has 1 aromatic rings. The molecule has 112 valence electrons. The molecule has 3 rings (SSSR count). The molecule has 3 atom stereocenters. The van der Waals surface area contributed by atoms with Gasteiger partial charge in [0.2, 0.25) is 0 Å². The zero-order valence-corrected chi connectivity index (χ0v) is 11.9. The number of fused-ring (bicyclic) bond motifs is 1. The minimum Gasteiger partial charge on any atom is -0.486 e. The van der Waals surface area contributed by atoms with Crippen LogP contribution >= 0.6 is 0 Å². The first kappa shape index (κ1) is 13.9. The Morgan fingerprint density at radius 3 is 2.48 bits per heavy atom. The Morgan fingerprint density at radius 1 is 1.10 bits per heavy atom. The number of carboxylic acids is 1. The molecule has 0 saturated heterocycles. The number of Topliss-reactive ketones (excluding diaryl/α,β-unsaturated/α-hetero) is 1. The van der Waals surface area contributed by atoms with Crippen molar-refractivity contribution in [3.8, 4) is 11.5 Å². The van der Waals surface area contributed by atoms with Crippen LogP contribution in [0.1, 0.15) is 30.1 Å². The van der Waals surface area contributed by atoms with Crippen LogP contribution in [0.2, 0.25) is 0 Å². The first-order valence-electron chi connectivity index (χ1n) is 7.23. The molecular weight excluding hydrogens is 272 g/mol. The molecule has 3 unspecified atom stereocenters. The van der Waals surface area contributed by atoms with Gasteiger partial charge in [0.15, 0.2) is 17.3 Å². The Kier molecular flexibility index (Phi) is 3.57. The van der Waals surface area contributed by atoms with E-state index >= 15 is 0 Å². The summed E-state index contributed by atoms with van der Waals surface area (Å²) in [6, 6.07) is 5.08. The molecular formula is C16H18O5. The number of ketones is 1. The highest BCUT2D eigenvalue weighted by molar-refractivity contribution is 6.00. The van der Waals surface area contributed by atoms with Crippen LogP contribution in [0.15, 0.2) is 18.2 Å². The Bertz CT molecular complexity index is 580. The van der Waals surface area contributed by atoms with Crippen molar-refractivity contribution in [2.45, 2.75) is 19.8 Å². The van der Waals surface area contributed by atoms with Crippen LogP contribution in [0.4, 0.5) is 0 Å². The van der Waals surface area contributed by atoms with Gasteiger partial charge in [0.05, 0.1) is 5.92 Å². The smallest absolute Gasteiger partial charge is 0.307 e. The van der Waals surface area contributed by atoms with E-state index in [4.69, 9.17) is 9.47 Å². The number of hydrogen-bond acceptors (Lipinski definition) is 4. The molecule has 0 aromatic heterocycles. The van der Waals surface area contributed by atoms with E-state index in [-0.39, 0.29) is 11.7 Å². The van der Waals surface area contributed by atoms with Crippen LogP contribution in [-0.2, 0) is 4.79 Å². The van der Waals surface area contributed by atoms with Gasteiger partial charge >= 0.3 is 5.97 Å². The van der Waals surface area contributed by atoms with E-state index < -0.39 is 17.8 Å². The lowest BCUT2D eigenvalue weighted by Gasteiger charge is -2.20. The fraction of sp³-hybridized carbons (Fsp3) is 0.500. The third-order valence-corrected chi connectivity index (χ3v) is 4.28. The SMILES string of the molecule is CC1CC(C(=O)O)C(C(=O)c2ccc3c(c2)OCCO3)C1. The van der Waals surface area contributed by atoms with Crippen molar-refractivity contribution in [1.82, 2.24) is 0 Å². The van der Waals surface area contributed by atoms with Crippen LogP contribution in [0.3, 0.4) is 0 Å². The summed E-state index contributed by atoms with van der Waals surface area (Å²) in [7, 11) is 0. The molecule has 1 N–H and O–H groups in total. The van der Waals surface area contributed by atoms with E-state index in [1.54, 1.807) is 18.2 Å². The second-order valence-corrected chi connectivity index (χ2v) is 5.85. The number of rotatable bonds is 3. The zero-order chi connectivity index (χ0) is 15.0. The Labute approximate surface area is 122 Å². The molecule has 5 nitrogen and oxygen atoms in total.